The summed E-state index contributed by atoms with van der Waals surface area (Å²) >= 11 is 0. The third-order valence-corrected chi connectivity index (χ3v) is 6.05. The lowest BCUT2D eigenvalue weighted by Crippen LogP contribution is -2.37. The number of phenols is 1. The first kappa shape index (κ1) is 19.0. The Morgan fingerprint density at radius 3 is 2.67 bits per heavy atom. The van der Waals surface area contributed by atoms with Crippen molar-refractivity contribution in [3.63, 3.8) is 0 Å². The standard InChI is InChI=1S/C22H26N6O2/c1-15-16(2)27(9-5-8-26-10-12-30-13-11-26)21-19(15)22-24-20(25-28(22)14-23-21)17-6-3-4-7-18(17)29/h3-4,6-7,14,29H,5,8-13H2,1-2H3. The molecular formula is C22H26N6O2. The van der Waals surface area contributed by atoms with Gasteiger partial charge in [-0.15, -0.1) is 5.10 Å². The summed E-state index contributed by atoms with van der Waals surface area (Å²) in [4.78, 5) is 11.9. The average Bonchev–Trinajstić information content (AvgIpc) is 3.29. The zero-order valence-corrected chi connectivity index (χ0v) is 17.4. The van der Waals surface area contributed by atoms with Crippen molar-refractivity contribution in [2.45, 2.75) is 26.8 Å². The van der Waals surface area contributed by atoms with Crippen molar-refractivity contribution in [1.82, 2.24) is 29.0 Å². The highest BCUT2D eigenvalue weighted by atomic mass is 16.5. The fourth-order valence-corrected chi connectivity index (χ4v) is 4.26. The van der Waals surface area contributed by atoms with Gasteiger partial charge in [-0.25, -0.2) is 14.5 Å². The summed E-state index contributed by atoms with van der Waals surface area (Å²) in [5, 5.41) is 15.8. The van der Waals surface area contributed by atoms with Crippen molar-refractivity contribution in [3.05, 3.63) is 41.9 Å². The molecule has 0 amide bonds. The van der Waals surface area contributed by atoms with Gasteiger partial charge in [0.1, 0.15) is 17.7 Å². The van der Waals surface area contributed by atoms with E-state index >= 15 is 0 Å². The molecule has 1 saturated heterocycles. The van der Waals surface area contributed by atoms with Gasteiger partial charge in [-0.05, 0) is 38.0 Å². The number of aryl methyl sites for hydroxylation is 2. The number of rotatable bonds is 5. The number of hydrogen-bond donors (Lipinski definition) is 1. The lowest BCUT2D eigenvalue weighted by Gasteiger charge is -2.26. The quantitative estimate of drug-likeness (QED) is 0.549. The Hall–Kier alpha value is -2.97. The second-order valence-electron chi connectivity index (χ2n) is 7.83. The Morgan fingerprint density at radius 2 is 1.87 bits per heavy atom. The molecule has 4 heterocycles. The number of aromatic nitrogens is 5. The van der Waals surface area contributed by atoms with Gasteiger partial charge in [-0.3, -0.25) is 4.90 Å². The predicted molar refractivity (Wildman–Crippen MR) is 115 cm³/mol. The topological polar surface area (TPSA) is 80.7 Å². The molecule has 5 rings (SSSR count). The van der Waals surface area contributed by atoms with E-state index in [1.807, 2.05) is 12.1 Å². The van der Waals surface area contributed by atoms with E-state index in [1.165, 1.54) is 11.3 Å². The van der Waals surface area contributed by atoms with E-state index in [4.69, 9.17) is 14.7 Å². The molecule has 0 radical (unpaired) electrons. The van der Waals surface area contributed by atoms with Crippen molar-refractivity contribution in [2.24, 2.45) is 0 Å². The van der Waals surface area contributed by atoms with Crippen molar-refractivity contribution < 1.29 is 9.84 Å². The van der Waals surface area contributed by atoms with Crippen LogP contribution in [0.5, 0.6) is 5.75 Å². The molecule has 0 unspecified atom stereocenters. The van der Waals surface area contributed by atoms with Crippen molar-refractivity contribution in [3.8, 4) is 17.1 Å². The molecule has 1 aromatic carbocycles. The zero-order chi connectivity index (χ0) is 20.7. The second-order valence-corrected chi connectivity index (χ2v) is 7.83. The summed E-state index contributed by atoms with van der Waals surface area (Å²) in [7, 11) is 0. The van der Waals surface area contributed by atoms with Crippen molar-refractivity contribution in [1.29, 1.82) is 0 Å². The SMILES string of the molecule is Cc1c(C)n(CCCN2CCOCC2)c2ncn3nc(-c4ccccc4O)nc3c12. The Balaban J connectivity index is 1.50. The third-order valence-electron chi connectivity index (χ3n) is 6.05. The zero-order valence-electron chi connectivity index (χ0n) is 17.4. The molecule has 3 aromatic heterocycles. The molecule has 1 aliphatic rings. The summed E-state index contributed by atoms with van der Waals surface area (Å²) in [5.74, 6) is 0.672. The van der Waals surface area contributed by atoms with E-state index in [1.54, 1.807) is 23.0 Å². The Morgan fingerprint density at radius 1 is 1.07 bits per heavy atom. The molecule has 1 fully saturated rings. The summed E-state index contributed by atoms with van der Waals surface area (Å²) in [6, 6.07) is 7.13. The molecule has 1 N–H and O–H groups in total. The number of benzene rings is 1. The van der Waals surface area contributed by atoms with Crippen LogP contribution in [0.3, 0.4) is 0 Å². The van der Waals surface area contributed by atoms with Gasteiger partial charge in [-0.2, -0.15) is 0 Å². The summed E-state index contributed by atoms with van der Waals surface area (Å²) in [6.07, 6.45) is 2.78. The smallest absolute Gasteiger partial charge is 0.185 e. The largest absolute Gasteiger partial charge is 0.507 e. The third kappa shape index (κ3) is 3.22. The van der Waals surface area contributed by atoms with Crippen LogP contribution in [0.1, 0.15) is 17.7 Å². The van der Waals surface area contributed by atoms with Gasteiger partial charge in [-0.1, -0.05) is 12.1 Å². The van der Waals surface area contributed by atoms with E-state index in [0.717, 1.165) is 62.5 Å². The lowest BCUT2D eigenvalue weighted by atomic mass is 10.2. The lowest BCUT2D eigenvalue weighted by molar-refractivity contribution is 0.0369. The van der Waals surface area contributed by atoms with Crippen LogP contribution >= 0.6 is 0 Å². The maximum atomic E-state index is 10.2. The fourth-order valence-electron chi connectivity index (χ4n) is 4.26. The second kappa shape index (κ2) is 7.70. The highest BCUT2D eigenvalue weighted by Gasteiger charge is 2.19. The minimum atomic E-state index is 0.172. The Bertz CT molecular complexity index is 1210. The molecule has 8 heteroatoms. The van der Waals surface area contributed by atoms with Crippen LogP contribution in [0.4, 0.5) is 0 Å². The normalized spacial score (nSPS) is 15.4. The molecule has 1 aliphatic heterocycles. The van der Waals surface area contributed by atoms with E-state index < -0.39 is 0 Å². The van der Waals surface area contributed by atoms with E-state index in [2.05, 4.69) is 28.4 Å². The number of hydrogen-bond acceptors (Lipinski definition) is 6. The molecular weight excluding hydrogens is 380 g/mol. The van der Waals surface area contributed by atoms with Gasteiger partial charge >= 0.3 is 0 Å². The molecule has 4 aromatic rings. The number of ether oxygens (including phenoxy) is 1. The monoisotopic (exact) mass is 406 g/mol. The first-order chi connectivity index (χ1) is 14.6. The first-order valence-corrected chi connectivity index (χ1v) is 10.4. The van der Waals surface area contributed by atoms with Gasteiger partial charge in [0.2, 0.25) is 0 Å². The average molecular weight is 406 g/mol. The van der Waals surface area contributed by atoms with E-state index in [-0.39, 0.29) is 5.75 Å². The van der Waals surface area contributed by atoms with Crippen LogP contribution < -0.4 is 0 Å². The molecule has 0 atom stereocenters. The number of fused-ring (bicyclic) bond motifs is 3. The molecule has 0 aliphatic carbocycles. The van der Waals surface area contributed by atoms with Crippen LogP contribution in [-0.2, 0) is 11.3 Å². The van der Waals surface area contributed by atoms with Gasteiger partial charge in [0.15, 0.2) is 11.5 Å². The molecule has 0 saturated carbocycles. The van der Waals surface area contributed by atoms with E-state index in [0.29, 0.717) is 11.4 Å². The van der Waals surface area contributed by atoms with Crippen LogP contribution in [0.15, 0.2) is 30.6 Å². The molecule has 0 spiro atoms. The van der Waals surface area contributed by atoms with Crippen LogP contribution in [0.2, 0.25) is 0 Å². The van der Waals surface area contributed by atoms with Crippen LogP contribution in [-0.4, -0.2) is 67.0 Å². The van der Waals surface area contributed by atoms with Crippen molar-refractivity contribution >= 4 is 16.7 Å². The molecule has 0 bridgehead atoms. The number of morpholine rings is 1. The molecule has 156 valence electrons. The molecule has 8 nitrogen and oxygen atoms in total. The van der Waals surface area contributed by atoms with Crippen LogP contribution in [0.25, 0.3) is 28.1 Å². The number of nitrogens with zero attached hydrogens (tertiary/aromatic N) is 6. The highest BCUT2D eigenvalue weighted by Crippen LogP contribution is 2.30. The number of para-hydroxylation sites is 1. The van der Waals surface area contributed by atoms with Crippen LogP contribution in [0, 0.1) is 13.8 Å². The van der Waals surface area contributed by atoms with Gasteiger partial charge in [0.05, 0.1) is 24.2 Å². The van der Waals surface area contributed by atoms with Gasteiger partial charge < -0.3 is 14.4 Å². The highest BCUT2D eigenvalue weighted by molar-refractivity contribution is 5.94. The Kier molecular flexibility index (Phi) is 4.88. The minimum Gasteiger partial charge on any atom is -0.507 e. The number of phenolic OH excluding ortho intramolecular Hbond substituents is 1. The fraction of sp³-hybridized carbons (Fsp3) is 0.409. The summed E-state index contributed by atoms with van der Waals surface area (Å²) in [6.45, 7) is 9.92. The van der Waals surface area contributed by atoms with Gasteiger partial charge in [0.25, 0.3) is 0 Å². The maximum absolute atomic E-state index is 10.2. The number of aromatic hydroxyl groups is 1. The van der Waals surface area contributed by atoms with E-state index in [9.17, 15) is 5.11 Å². The first-order valence-electron chi connectivity index (χ1n) is 10.4. The summed E-state index contributed by atoms with van der Waals surface area (Å²) < 4.78 is 9.43. The molecule has 30 heavy (non-hydrogen) atoms. The van der Waals surface area contributed by atoms with Gasteiger partial charge in [0, 0.05) is 31.9 Å². The summed E-state index contributed by atoms with van der Waals surface area (Å²) in [5.41, 5.74) is 4.71. The predicted octanol–water partition coefficient (Wildman–Crippen LogP) is 2.79. The Labute approximate surface area is 174 Å². The maximum Gasteiger partial charge on any atom is 0.185 e. The van der Waals surface area contributed by atoms with Crippen molar-refractivity contribution in [2.75, 3.05) is 32.8 Å². The minimum absolute atomic E-state index is 0.172.